The molecular formula is C26H31N3O4S. The number of furan rings is 1. The molecule has 8 heteroatoms. The van der Waals surface area contributed by atoms with E-state index in [0.717, 1.165) is 11.1 Å². The Hall–Kier alpha value is -3.39. The molecule has 1 unspecified atom stereocenters. The number of nitrogens with one attached hydrogen (secondary N) is 2. The molecule has 0 aliphatic heterocycles. The lowest BCUT2D eigenvalue weighted by molar-refractivity contribution is -0.128. The monoisotopic (exact) mass is 481 g/mol. The number of aryl methyl sites for hydroxylation is 2. The molecule has 2 heterocycles. The van der Waals surface area contributed by atoms with Crippen LogP contribution in [-0.4, -0.2) is 29.8 Å². The zero-order chi connectivity index (χ0) is 24.9. The number of carbonyl (C=O) groups is 3. The number of thiophene rings is 1. The molecule has 0 fully saturated rings. The molecule has 34 heavy (non-hydrogen) atoms. The highest BCUT2D eigenvalue weighted by Gasteiger charge is 2.37. The molecule has 0 saturated heterocycles. The van der Waals surface area contributed by atoms with Crippen LogP contribution in [0.4, 0.5) is 5.69 Å². The molecule has 1 atom stereocenters. The number of anilines is 1. The van der Waals surface area contributed by atoms with E-state index in [2.05, 4.69) is 10.6 Å². The van der Waals surface area contributed by atoms with Crippen LogP contribution in [-0.2, 0) is 9.59 Å². The first kappa shape index (κ1) is 25.2. The molecule has 3 amide bonds. The van der Waals surface area contributed by atoms with Crippen molar-refractivity contribution in [2.75, 3.05) is 11.4 Å². The molecule has 0 spiro atoms. The van der Waals surface area contributed by atoms with Gasteiger partial charge >= 0.3 is 0 Å². The zero-order valence-corrected chi connectivity index (χ0v) is 21.0. The van der Waals surface area contributed by atoms with Crippen molar-refractivity contribution in [1.29, 1.82) is 0 Å². The van der Waals surface area contributed by atoms with E-state index in [0.29, 0.717) is 22.7 Å². The van der Waals surface area contributed by atoms with Gasteiger partial charge in [0.15, 0.2) is 6.04 Å². The molecule has 0 aliphatic rings. The maximum Gasteiger partial charge on any atom is 0.261 e. The molecule has 0 saturated carbocycles. The van der Waals surface area contributed by atoms with E-state index < -0.39 is 17.5 Å². The van der Waals surface area contributed by atoms with E-state index >= 15 is 0 Å². The van der Waals surface area contributed by atoms with Crippen LogP contribution in [0.25, 0.3) is 0 Å². The van der Waals surface area contributed by atoms with Crippen LogP contribution in [0.15, 0.2) is 58.5 Å². The minimum Gasteiger partial charge on any atom is -0.467 e. The lowest BCUT2D eigenvalue weighted by Crippen LogP contribution is -2.52. The van der Waals surface area contributed by atoms with E-state index in [4.69, 9.17) is 4.42 Å². The Morgan fingerprint density at radius 2 is 1.85 bits per heavy atom. The van der Waals surface area contributed by atoms with Crippen LogP contribution in [0.5, 0.6) is 0 Å². The number of hydrogen-bond donors (Lipinski definition) is 2. The van der Waals surface area contributed by atoms with Crippen molar-refractivity contribution in [1.82, 2.24) is 10.6 Å². The summed E-state index contributed by atoms with van der Waals surface area (Å²) < 4.78 is 5.62. The standard InChI is InChI=1S/C26H31N3O4S/c1-6-26(4,5)28-25(32)23(20-9-7-13-33-20)29(19-12-11-17(2)18(3)15-19)22(30)16-27-24(31)21-10-8-14-34-21/h7-15,23H,6,16H2,1-5H3,(H,27,31)(H,28,32). The van der Waals surface area contributed by atoms with Crippen LogP contribution < -0.4 is 15.5 Å². The number of nitrogens with zero attached hydrogens (tertiary/aromatic N) is 1. The molecule has 2 N–H and O–H groups in total. The maximum atomic E-state index is 13.6. The predicted octanol–water partition coefficient (Wildman–Crippen LogP) is 4.77. The molecule has 0 bridgehead atoms. The summed E-state index contributed by atoms with van der Waals surface area (Å²) in [6, 6.07) is 11.3. The molecule has 0 aliphatic carbocycles. The Labute approximate surface area is 204 Å². The second-order valence-electron chi connectivity index (χ2n) is 8.84. The van der Waals surface area contributed by atoms with Crippen LogP contribution in [0.1, 0.15) is 59.8 Å². The summed E-state index contributed by atoms with van der Waals surface area (Å²) in [5.41, 5.74) is 2.11. The van der Waals surface area contributed by atoms with Crippen molar-refractivity contribution in [3.05, 3.63) is 75.9 Å². The first-order valence-corrected chi connectivity index (χ1v) is 12.1. The van der Waals surface area contributed by atoms with Gasteiger partial charge in [0.2, 0.25) is 5.91 Å². The molecule has 1 aromatic carbocycles. The van der Waals surface area contributed by atoms with Crippen molar-refractivity contribution in [2.24, 2.45) is 0 Å². The minimum absolute atomic E-state index is 0.273. The second-order valence-corrected chi connectivity index (χ2v) is 9.78. The lowest BCUT2D eigenvalue weighted by atomic mass is 10.00. The fraction of sp³-hybridized carbons (Fsp3) is 0.346. The van der Waals surface area contributed by atoms with E-state index in [1.54, 1.807) is 35.7 Å². The van der Waals surface area contributed by atoms with Crippen LogP contribution in [0.2, 0.25) is 0 Å². The average Bonchev–Trinajstić information content (AvgIpc) is 3.51. The van der Waals surface area contributed by atoms with Gasteiger partial charge in [-0.15, -0.1) is 11.3 Å². The Morgan fingerprint density at radius 1 is 1.09 bits per heavy atom. The minimum atomic E-state index is -1.05. The van der Waals surface area contributed by atoms with Crippen molar-refractivity contribution in [3.8, 4) is 0 Å². The van der Waals surface area contributed by atoms with Gasteiger partial charge in [-0.05, 0) is 81.0 Å². The van der Waals surface area contributed by atoms with Crippen LogP contribution >= 0.6 is 11.3 Å². The summed E-state index contributed by atoms with van der Waals surface area (Å²) in [4.78, 5) is 41.5. The van der Waals surface area contributed by atoms with Gasteiger partial charge in [0, 0.05) is 11.2 Å². The van der Waals surface area contributed by atoms with Gasteiger partial charge in [-0.2, -0.15) is 0 Å². The van der Waals surface area contributed by atoms with E-state index in [9.17, 15) is 14.4 Å². The highest BCUT2D eigenvalue weighted by Crippen LogP contribution is 2.30. The smallest absolute Gasteiger partial charge is 0.261 e. The maximum absolute atomic E-state index is 13.6. The first-order valence-electron chi connectivity index (χ1n) is 11.2. The van der Waals surface area contributed by atoms with E-state index in [1.807, 2.05) is 46.8 Å². The summed E-state index contributed by atoms with van der Waals surface area (Å²) in [7, 11) is 0. The first-order chi connectivity index (χ1) is 16.1. The lowest BCUT2D eigenvalue weighted by Gasteiger charge is -2.33. The molecule has 3 aromatic rings. The van der Waals surface area contributed by atoms with Crippen molar-refractivity contribution >= 4 is 34.7 Å². The Balaban J connectivity index is 2.00. The van der Waals surface area contributed by atoms with Gasteiger partial charge in [0.05, 0.1) is 17.7 Å². The number of amides is 3. The van der Waals surface area contributed by atoms with Crippen molar-refractivity contribution in [3.63, 3.8) is 0 Å². The highest BCUT2D eigenvalue weighted by molar-refractivity contribution is 7.12. The number of hydrogen-bond acceptors (Lipinski definition) is 5. The van der Waals surface area contributed by atoms with E-state index in [-0.39, 0.29) is 18.4 Å². The number of rotatable bonds is 9. The molecule has 3 rings (SSSR count). The Morgan fingerprint density at radius 3 is 2.44 bits per heavy atom. The van der Waals surface area contributed by atoms with Gasteiger partial charge < -0.3 is 15.1 Å². The summed E-state index contributed by atoms with van der Waals surface area (Å²) in [6.07, 6.45) is 2.18. The fourth-order valence-electron chi connectivity index (χ4n) is 3.36. The van der Waals surface area contributed by atoms with Gasteiger partial charge in [0.1, 0.15) is 5.76 Å². The van der Waals surface area contributed by atoms with Crippen LogP contribution in [0, 0.1) is 13.8 Å². The van der Waals surface area contributed by atoms with Gasteiger partial charge in [0.25, 0.3) is 11.8 Å². The van der Waals surface area contributed by atoms with Gasteiger partial charge in [-0.1, -0.05) is 19.1 Å². The molecular weight excluding hydrogens is 450 g/mol. The molecule has 0 radical (unpaired) electrons. The third-order valence-corrected chi connectivity index (χ3v) is 6.72. The Bertz CT molecular complexity index is 1140. The zero-order valence-electron chi connectivity index (χ0n) is 20.2. The Kier molecular flexibility index (Phi) is 7.94. The third kappa shape index (κ3) is 5.94. The quantitative estimate of drug-likeness (QED) is 0.461. The fourth-order valence-corrected chi connectivity index (χ4v) is 4.00. The highest BCUT2D eigenvalue weighted by atomic mass is 32.1. The van der Waals surface area contributed by atoms with Crippen molar-refractivity contribution in [2.45, 2.75) is 52.6 Å². The third-order valence-electron chi connectivity index (χ3n) is 5.85. The van der Waals surface area contributed by atoms with Crippen molar-refractivity contribution < 1.29 is 18.8 Å². The average molecular weight is 482 g/mol. The van der Waals surface area contributed by atoms with Gasteiger partial charge in [-0.25, -0.2) is 0 Å². The van der Waals surface area contributed by atoms with E-state index in [1.165, 1.54) is 22.5 Å². The normalized spacial score (nSPS) is 12.1. The molecule has 180 valence electrons. The largest absolute Gasteiger partial charge is 0.467 e. The number of carbonyl (C=O) groups excluding carboxylic acids is 3. The summed E-state index contributed by atoms with van der Waals surface area (Å²) in [5, 5.41) is 7.51. The summed E-state index contributed by atoms with van der Waals surface area (Å²) in [6.45, 7) is 9.48. The predicted molar refractivity (Wildman–Crippen MR) is 134 cm³/mol. The van der Waals surface area contributed by atoms with Crippen LogP contribution in [0.3, 0.4) is 0 Å². The number of benzene rings is 1. The second kappa shape index (κ2) is 10.7. The summed E-state index contributed by atoms with van der Waals surface area (Å²) >= 11 is 1.29. The van der Waals surface area contributed by atoms with Gasteiger partial charge in [-0.3, -0.25) is 19.3 Å². The SMILES string of the molecule is CCC(C)(C)NC(=O)C(c1ccco1)N(C(=O)CNC(=O)c1cccs1)c1ccc(C)c(C)c1. The molecule has 7 nitrogen and oxygen atoms in total. The molecule has 2 aromatic heterocycles. The summed E-state index contributed by atoms with van der Waals surface area (Å²) in [5.74, 6) is -0.799. The topological polar surface area (TPSA) is 91.7 Å².